The summed E-state index contributed by atoms with van der Waals surface area (Å²) in [6, 6.07) is 15.3. The molecule has 1 aliphatic rings. The Balaban J connectivity index is 1.82. The zero-order valence-corrected chi connectivity index (χ0v) is 11.6. The molecule has 1 aliphatic carbocycles. The third-order valence-corrected chi connectivity index (χ3v) is 3.90. The minimum atomic E-state index is 0.342. The average Bonchev–Trinajstić information content (AvgIpc) is 2.83. The molecule has 0 saturated heterocycles. The predicted molar refractivity (Wildman–Crippen MR) is 79.6 cm³/mol. The van der Waals surface area contributed by atoms with E-state index in [-0.39, 0.29) is 0 Å². The van der Waals surface area contributed by atoms with Gasteiger partial charge in [0.25, 0.3) is 6.47 Å². The van der Waals surface area contributed by atoms with E-state index in [1.165, 1.54) is 27.8 Å². The Morgan fingerprint density at radius 3 is 2.80 bits per heavy atom. The van der Waals surface area contributed by atoms with Gasteiger partial charge in [-0.2, -0.15) is 0 Å². The maximum Gasteiger partial charge on any atom is 0.293 e. The lowest BCUT2D eigenvalue weighted by Crippen LogP contribution is -2.08. The van der Waals surface area contributed by atoms with E-state index in [2.05, 4.69) is 49.4 Å². The molecule has 0 N–H and O–H groups in total. The number of hydrogen-bond acceptors (Lipinski definition) is 2. The summed E-state index contributed by atoms with van der Waals surface area (Å²) in [4.78, 5) is 10.2. The van der Waals surface area contributed by atoms with Crippen molar-refractivity contribution < 1.29 is 9.53 Å². The van der Waals surface area contributed by atoms with Gasteiger partial charge < -0.3 is 4.74 Å². The molecule has 20 heavy (non-hydrogen) atoms. The molecule has 0 saturated carbocycles. The van der Waals surface area contributed by atoms with Crippen LogP contribution >= 0.6 is 0 Å². The molecular formula is C18H18O2. The van der Waals surface area contributed by atoms with Crippen molar-refractivity contribution in [2.45, 2.75) is 19.8 Å². The lowest BCUT2D eigenvalue weighted by Gasteiger charge is -2.11. The number of rotatable bonds is 5. The quantitative estimate of drug-likeness (QED) is 0.659. The second-order valence-corrected chi connectivity index (χ2v) is 5.56. The van der Waals surface area contributed by atoms with Crippen molar-refractivity contribution in [3.05, 3.63) is 59.2 Å². The summed E-state index contributed by atoms with van der Waals surface area (Å²) in [7, 11) is 0. The Hall–Kier alpha value is -2.09. The normalized spacial score (nSPS) is 13.4. The van der Waals surface area contributed by atoms with E-state index in [1.54, 1.807) is 0 Å². The molecule has 0 heterocycles. The minimum Gasteiger partial charge on any atom is -0.468 e. The van der Waals surface area contributed by atoms with Gasteiger partial charge in [-0.05, 0) is 46.6 Å². The fourth-order valence-electron chi connectivity index (χ4n) is 2.96. The largest absolute Gasteiger partial charge is 0.468 e. The van der Waals surface area contributed by atoms with Gasteiger partial charge in [-0.25, -0.2) is 0 Å². The first-order valence-corrected chi connectivity index (χ1v) is 7.03. The summed E-state index contributed by atoms with van der Waals surface area (Å²) >= 11 is 0. The number of carbonyl (C=O) groups is 1. The maximum atomic E-state index is 10.2. The minimum absolute atomic E-state index is 0.342. The lowest BCUT2D eigenvalue weighted by molar-refractivity contribution is -0.129. The topological polar surface area (TPSA) is 26.3 Å². The molecule has 0 radical (unpaired) electrons. The fraction of sp³-hybridized carbons (Fsp3) is 0.278. The van der Waals surface area contributed by atoms with Crippen LogP contribution in [0, 0.1) is 5.92 Å². The zero-order valence-electron chi connectivity index (χ0n) is 11.6. The average molecular weight is 266 g/mol. The van der Waals surface area contributed by atoms with E-state index in [0.717, 1.165) is 12.8 Å². The highest BCUT2D eigenvalue weighted by molar-refractivity contribution is 5.77. The molecule has 0 amide bonds. The van der Waals surface area contributed by atoms with Crippen LogP contribution in [0.3, 0.4) is 0 Å². The summed E-state index contributed by atoms with van der Waals surface area (Å²) in [6.07, 6.45) is 1.97. The van der Waals surface area contributed by atoms with Gasteiger partial charge in [0.15, 0.2) is 0 Å². The molecule has 2 aromatic carbocycles. The van der Waals surface area contributed by atoms with Crippen LogP contribution in [0.15, 0.2) is 42.5 Å². The SMILES string of the molecule is CC(COC=O)Cc1ccc2c(c1)-c1ccccc1C2. The van der Waals surface area contributed by atoms with Crippen LogP contribution < -0.4 is 0 Å². The molecule has 0 aliphatic heterocycles. The van der Waals surface area contributed by atoms with Gasteiger partial charge >= 0.3 is 0 Å². The molecule has 1 atom stereocenters. The second kappa shape index (κ2) is 5.49. The van der Waals surface area contributed by atoms with Crippen LogP contribution in [0.1, 0.15) is 23.6 Å². The Bertz CT molecular complexity index is 631. The Labute approximate surface area is 119 Å². The first-order chi connectivity index (χ1) is 9.78. The van der Waals surface area contributed by atoms with Gasteiger partial charge in [-0.3, -0.25) is 4.79 Å². The van der Waals surface area contributed by atoms with E-state index in [4.69, 9.17) is 4.74 Å². The predicted octanol–water partition coefficient (Wildman–Crippen LogP) is 3.61. The molecule has 3 rings (SSSR count). The Morgan fingerprint density at radius 1 is 1.15 bits per heavy atom. The van der Waals surface area contributed by atoms with Gasteiger partial charge in [-0.15, -0.1) is 0 Å². The van der Waals surface area contributed by atoms with Crippen molar-refractivity contribution in [1.82, 2.24) is 0 Å². The standard InChI is InChI=1S/C18H18O2/c1-13(11-20-12-19)8-14-6-7-16-10-15-4-2-3-5-17(15)18(16)9-14/h2-7,9,12-13H,8,10-11H2,1H3. The van der Waals surface area contributed by atoms with E-state index in [1.807, 2.05) is 0 Å². The molecular weight excluding hydrogens is 248 g/mol. The van der Waals surface area contributed by atoms with Crippen molar-refractivity contribution in [1.29, 1.82) is 0 Å². The van der Waals surface area contributed by atoms with Crippen molar-refractivity contribution in [3.63, 3.8) is 0 Å². The molecule has 102 valence electrons. The summed E-state index contributed by atoms with van der Waals surface area (Å²) in [5, 5.41) is 0. The van der Waals surface area contributed by atoms with Crippen LogP contribution in [-0.4, -0.2) is 13.1 Å². The van der Waals surface area contributed by atoms with Gasteiger partial charge in [-0.1, -0.05) is 49.4 Å². The molecule has 0 spiro atoms. The molecule has 2 nitrogen and oxygen atoms in total. The number of benzene rings is 2. The third kappa shape index (κ3) is 2.46. The highest BCUT2D eigenvalue weighted by Crippen LogP contribution is 2.37. The van der Waals surface area contributed by atoms with E-state index < -0.39 is 0 Å². The summed E-state index contributed by atoms with van der Waals surface area (Å²) in [6.45, 7) is 3.11. The van der Waals surface area contributed by atoms with Crippen LogP contribution in [0.2, 0.25) is 0 Å². The van der Waals surface area contributed by atoms with Crippen molar-refractivity contribution in [2.24, 2.45) is 5.92 Å². The van der Waals surface area contributed by atoms with Crippen molar-refractivity contribution in [2.75, 3.05) is 6.61 Å². The van der Waals surface area contributed by atoms with Crippen LogP contribution in [0.25, 0.3) is 11.1 Å². The summed E-state index contributed by atoms with van der Waals surface area (Å²) in [5.41, 5.74) is 6.86. The van der Waals surface area contributed by atoms with E-state index >= 15 is 0 Å². The monoisotopic (exact) mass is 266 g/mol. The van der Waals surface area contributed by atoms with E-state index in [9.17, 15) is 4.79 Å². The second-order valence-electron chi connectivity index (χ2n) is 5.56. The molecule has 0 bridgehead atoms. The van der Waals surface area contributed by atoms with Crippen LogP contribution in [0.5, 0.6) is 0 Å². The molecule has 1 unspecified atom stereocenters. The van der Waals surface area contributed by atoms with Gasteiger partial charge in [0.2, 0.25) is 0 Å². The highest BCUT2D eigenvalue weighted by Gasteiger charge is 2.18. The maximum absolute atomic E-state index is 10.2. The third-order valence-electron chi connectivity index (χ3n) is 3.90. The first kappa shape index (κ1) is 12.9. The van der Waals surface area contributed by atoms with Crippen LogP contribution in [-0.2, 0) is 22.4 Å². The van der Waals surface area contributed by atoms with Crippen molar-refractivity contribution >= 4 is 6.47 Å². The Kier molecular flexibility index (Phi) is 3.55. The molecule has 2 aromatic rings. The number of fused-ring (bicyclic) bond motifs is 3. The van der Waals surface area contributed by atoms with Crippen LogP contribution in [0.4, 0.5) is 0 Å². The summed E-state index contributed by atoms with van der Waals surface area (Å²) in [5.74, 6) is 0.342. The molecule has 2 heteroatoms. The van der Waals surface area contributed by atoms with Gasteiger partial charge in [0.05, 0.1) is 6.61 Å². The fourth-order valence-corrected chi connectivity index (χ4v) is 2.96. The Morgan fingerprint density at radius 2 is 1.95 bits per heavy atom. The van der Waals surface area contributed by atoms with E-state index in [0.29, 0.717) is 19.0 Å². The number of ether oxygens (including phenoxy) is 1. The van der Waals surface area contributed by atoms with Crippen molar-refractivity contribution in [3.8, 4) is 11.1 Å². The van der Waals surface area contributed by atoms with Gasteiger partial charge in [0, 0.05) is 0 Å². The highest BCUT2D eigenvalue weighted by atomic mass is 16.5. The first-order valence-electron chi connectivity index (χ1n) is 7.03. The smallest absolute Gasteiger partial charge is 0.293 e. The zero-order chi connectivity index (χ0) is 13.9. The lowest BCUT2D eigenvalue weighted by atomic mass is 9.97. The molecule has 0 fully saturated rings. The number of hydrogen-bond donors (Lipinski definition) is 0. The molecule has 0 aromatic heterocycles. The number of carbonyl (C=O) groups excluding carboxylic acids is 1. The summed E-state index contributed by atoms with van der Waals surface area (Å²) < 4.78 is 4.84. The van der Waals surface area contributed by atoms with Gasteiger partial charge in [0.1, 0.15) is 0 Å².